The summed E-state index contributed by atoms with van der Waals surface area (Å²) in [6.07, 6.45) is -0.423. The van der Waals surface area contributed by atoms with Gasteiger partial charge in [0.15, 0.2) is 0 Å². The standard InChI is InChI=1S/C11H14O3S/c1-9(13)14-10(7-12)8-15-11-5-3-2-4-6-11/h2-6,10,12H,7-8H2,1H3. The van der Waals surface area contributed by atoms with Crippen LogP contribution in [0.25, 0.3) is 0 Å². The van der Waals surface area contributed by atoms with Gasteiger partial charge < -0.3 is 9.84 Å². The Kier molecular flexibility index (Phi) is 5.21. The van der Waals surface area contributed by atoms with Crippen LogP contribution in [0.3, 0.4) is 0 Å². The Balaban J connectivity index is 2.37. The van der Waals surface area contributed by atoms with Gasteiger partial charge in [-0.05, 0) is 12.1 Å². The highest BCUT2D eigenvalue weighted by molar-refractivity contribution is 7.99. The molecule has 0 radical (unpaired) electrons. The number of esters is 1. The molecule has 1 aromatic carbocycles. The van der Waals surface area contributed by atoms with E-state index < -0.39 is 6.10 Å². The van der Waals surface area contributed by atoms with E-state index in [0.29, 0.717) is 5.75 Å². The van der Waals surface area contributed by atoms with Gasteiger partial charge in [0, 0.05) is 17.6 Å². The van der Waals surface area contributed by atoms with Crippen molar-refractivity contribution in [3.63, 3.8) is 0 Å². The number of hydrogen-bond donors (Lipinski definition) is 1. The molecule has 0 spiro atoms. The van der Waals surface area contributed by atoms with Crippen molar-refractivity contribution in [1.82, 2.24) is 0 Å². The third kappa shape index (κ3) is 4.85. The fourth-order valence-electron chi connectivity index (χ4n) is 1.06. The number of ether oxygens (including phenoxy) is 1. The van der Waals surface area contributed by atoms with E-state index in [1.54, 1.807) is 11.8 Å². The average Bonchev–Trinajstić information content (AvgIpc) is 2.25. The number of aliphatic hydroxyl groups is 1. The Bertz CT molecular complexity index is 300. The molecular formula is C11H14O3S. The summed E-state index contributed by atoms with van der Waals surface area (Å²) < 4.78 is 4.91. The summed E-state index contributed by atoms with van der Waals surface area (Å²) in [5.74, 6) is 0.211. The van der Waals surface area contributed by atoms with E-state index in [1.165, 1.54) is 6.92 Å². The number of thioether (sulfide) groups is 1. The van der Waals surface area contributed by atoms with Crippen molar-refractivity contribution in [3.8, 4) is 0 Å². The molecule has 0 aromatic heterocycles. The minimum atomic E-state index is -0.423. The monoisotopic (exact) mass is 226 g/mol. The first-order valence-electron chi connectivity index (χ1n) is 4.68. The van der Waals surface area contributed by atoms with Crippen LogP contribution in [0.4, 0.5) is 0 Å². The van der Waals surface area contributed by atoms with Crippen LogP contribution in [-0.4, -0.2) is 29.5 Å². The largest absolute Gasteiger partial charge is 0.459 e. The van der Waals surface area contributed by atoms with Crippen LogP contribution in [0.5, 0.6) is 0 Å². The van der Waals surface area contributed by atoms with Gasteiger partial charge in [0.05, 0.1) is 6.61 Å². The summed E-state index contributed by atoms with van der Waals surface area (Å²) >= 11 is 1.56. The second-order valence-electron chi connectivity index (χ2n) is 3.04. The van der Waals surface area contributed by atoms with Gasteiger partial charge in [-0.2, -0.15) is 0 Å². The number of carbonyl (C=O) groups is 1. The summed E-state index contributed by atoms with van der Waals surface area (Å²) in [7, 11) is 0. The van der Waals surface area contributed by atoms with Gasteiger partial charge in [-0.15, -0.1) is 11.8 Å². The Morgan fingerprint density at radius 1 is 1.47 bits per heavy atom. The van der Waals surface area contributed by atoms with Crippen LogP contribution in [0.1, 0.15) is 6.92 Å². The molecule has 0 saturated heterocycles. The van der Waals surface area contributed by atoms with Gasteiger partial charge in [-0.3, -0.25) is 4.79 Å². The van der Waals surface area contributed by atoms with Crippen molar-refractivity contribution in [2.45, 2.75) is 17.9 Å². The van der Waals surface area contributed by atoms with Crippen molar-refractivity contribution < 1.29 is 14.6 Å². The maximum atomic E-state index is 10.7. The first kappa shape index (κ1) is 12.1. The first-order chi connectivity index (χ1) is 7.22. The van der Waals surface area contributed by atoms with Crippen molar-refractivity contribution in [3.05, 3.63) is 30.3 Å². The highest BCUT2D eigenvalue weighted by Crippen LogP contribution is 2.18. The van der Waals surface area contributed by atoms with Gasteiger partial charge in [0.2, 0.25) is 0 Å². The van der Waals surface area contributed by atoms with Crippen LogP contribution < -0.4 is 0 Å². The second-order valence-corrected chi connectivity index (χ2v) is 4.13. The van der Waals surface area contributed by atoms with Crippen LogP contribution in [-0.2, 0) is 9.53 Å². The van der Waals surface area contributed by atoms with E-state index in [1.807, 2.05) is 30.3 Å². The zero-order chi connectivity index (χ0) is 11.1. The minimum Gasteiger partial charge on any atom is -0.459 e. The van der Waals surface area contributed by atoms with Gasteiger partial charge in [-0.1, -0.05) is 18.2 Å². The number of hydrogen-bond acceptors (Lipinski definition) is 4. The topological polar surface area (TPSA) is 46.5 Å². The van der Waals surface area contributed by atoms with Crippen molar-refractivity contribution in [2.75, 3.05) is 12.4 Å². The maximum Gasteiger partial charge on any atom is 0.303 e. The fourth-order valence-corrected chi connectivity index (χ4v) is 1.97. The molecule has 0 aliphatic carbocycles. The predicted octanol–water partition coefficient (Wildman–Crippen LogP) is 1.70. The van der Waals surface area contributed by atoms with Crippen molar-refractivity contribution in [2.24, 2.45) is 0 Å². The molecule has 15 heavy (non-hydrogen) atoms. The quantitative estimate of drug-likeness (QED) is 0.613. The Labute approximate surface area is 93.4 Å². The molecule has 1 N–H and O–H groups in total. The summed E-state index contributed by atoms with van der Waals surface area (Å²) in [6.45, 7) is 1.20. The SMILES string of the molecule is CC(=O)OC(CO)CSc1ccccc1. The van der Waals surface area contributed by atoms with Crippen molar-refractivity contribution in [1.29, 1.82) is 0 Å². The molecular weight excluding hydrogens is 212 g/mol. The van der Waals surface area contributed by atoms with Gasteiger partial charge in [0.1, 0.15) is 6.10 Å². The van der Waals surface area contributed by atoms with Gasteiger partial charge in [-0.25, -0.2) is 0 Å². The van der Waals surface area contributed by atoms with Crippen LogP contribution in [0.2, 0.25) is 0 Å². The molecule has 3 nitrogen and oxygen atoms in total. The zero-order valence-electron chi connectivity index (χ0n) is 8.55. The molecule has 0 aliphatic heterocycles. The average molecular weight is 226 g/mol. The van der Waals surface area contributed by atoms with E-state index in [4.69, 9.17) is 9.84 Å². The predicted molar refractivity (Wildman–Crippen MR) is 59.8 cm³/mol. The minimum absolute atomic E-state index is 0.139. The zero-order valence-corrected chi connectivity index (χ0v) is 9.37. The summed E-state index contributed by atoms with van der Waals surface area (Å²) in [5.41, 5.74) is 0. The van der Waals surface area contributed by atoms with Gasteiger partial charge in [0.25, 0.3) is 0 Å². The van der Waals surface area contributed by atoms with Crippen LogP contribution in [0, 0.1) is 0 Å². The molecule has 0 heterocycles. The molecule has 82 valence electrons. The first-order valence-corrected chi connectivity index (χ1v) is 5.67. The lowest BCUT2D eigenvalue weighted by Crippen LogP contribution is -2.22. The van der Waals surface area contributed by atoms with Gasteiger partial charge >= 0.3 is 5.97 Å². The Morgan fingerprint density at radius 3 is 2.67 bits per heavy atom. The molecule has 1 aromatic rings. The van der Waals surface area contributed by atoms with Crippen molar-refractivity contribution >= 4 is 17.7 Å². The number of aliphatic hydroxyl groups excluding tert-OH is 1. The van der Waals surface area contributed by atoms with E-state index in [0.717, 1.165) is 4.90 Å². The Hall–Kier alpha value is -1.00. The smallest absolute Gasteiger partial charge is 0.303 e. The molecule has 0 bridgehead atoms. The lowest BCUT2D eigenvalue weighted by atomic mass is 10.4. The highest BCUT2D eigenvalue weighted by atomic mass is 32.2. The third-order valence-corrected chi connectivity index (χ3v) is 2.86. The molecule has 1 atom stereocenters. The summed E-state index contributed by atoms with van der Waals surface area (Å²) in [4.78, 5) is 11.8. The second kappa shape index (κ2) is 6.48. The molecule has 0 amide bonds. The van der Waals surface area contributed by atoms with E-state index in [9.17, 15) is 4.79 Å². The molecule has 4 heteroatoms. The Morgan fingerprint density at radius 2 is 2.13 bits per heavy atom. The molecule has 0 saturated carbocycles. The number of benzene rings is 1. The molecule has 1 rings (SSSR count). The third-order valence-electron chi connectivity index (χ3n) is 1.72. The highest BCUT2D eigenvalue weighted by Gasteiger charge is 2.10. The fraction of sp³-hybridized carbons (Fsp3) is 0.364. The van der Waals surface area contributed by atoms with E-state index in [2.05, 4.69) is 0 Å². The van der Waals surface area contributed by atoms with Crippen LogP contribution in [0.15, 0.2) is 35.2 Å². The summed E-state index contributed by atoms with van der Waals surface area (Å²) in [6, 6.07) is 9.80. The lowest BCUT2D eigenvalue weighted by Gasteiger charge is -2.13. The lowest BCUT2D eigenvalue weighted by molar-refractivity contribution is -0.146. The molecule has 0 aliphatic rings. The number of carbonyl (C=O) groups excluding carboxylic acids is 1. The molecule has 0 fully saturated rings. The van der Waals surface area contributed by atoms with E-state index in [-0.39, 0.29) is 12.6 Å². The number of rotatable bonds is 5. The normalized spacial score (nSPS) is 12.1. The van der Waals surface area contributed by atoms with Crippen LogP contribution >= 0.6 is 11.8 Å². The van der Waals surface area contributed by atoms with E-state index >= 15 is 0 Å². The summed E-state index contributed by atoms with van der Waals surface area (Å²) in [5, 5.41) is 8.96. The molecule has 1 unspecified atom stereocenters. The maximum absolute atomic E-state index is 10.7.